The molecule has 2 rings (SSSR count). The molecule has 24 heavy (non-hydrogen) atoms. The molecule has 0 aromatic heterocycles. The van der Waals surface area contributed by atoms with Crippen LogP contribution in [0.1, 0.15) is 44.6 Å². The second-order valence-electron chi connectivity index (χ2n) is 6.04. The summed E-state index contributed by atoms with van der Waals surface area (Å²) >= 11 is 0. The number of ether oxygens (including phenoxy) is 1. The average Bonchev–Trinajstić information content (AvgIpc) is 2.86. The first kappa shape index (κ1) is 18.7. The second-order valence-corrected chi connectivity index (χ2v) is 7.61. The number of nitrogens with zero attached hydrogens (tertiary/aromatic N) is 1. The van der Waals surface area contributed by atoms with Crippen molar-refractivity contribution >= 4 is 16.2 Å². The molecule has 0 aliphatic carbocycles. The van der Waals surface area contributed by atoms with Crippen LogP contribution >= 0.6 is 0 Å². The maximum atomic E-state index is 12.2. The van der Waals surface area contributed by atoms with E-state index in [-0.39, 0.29) is 11.4 Å². The highest BCUT2D eigenvalue weighted by Crippen LogP contribution is 2.20. The van der Waals surface area contributed by atoms with Crippen molar-refractivity contribution in [1.82, 2.24) is 4.90 Å². The minimum atomic E-state index is -3.94. The first-order valence-corrected chi connectivity index (χ1v) is 9.78. The molecular formula is C17H25NO5S. The van der Waals surface area contributed by atoms with Gasteiger partial charge in [0.2, 0.25) is 6.29 Å². The van der Waals surface area contributed by atoms with Gasteiger partial charge in [-0.2, -0.15) is 8.42 Å². The molecule has 6 nitrogen and oxygen atoms in total. The molecule has 7 heteroatoms. The number of cyclic esters (lactones) is 1. The van der Waals surface area contributed by atoms with Crippen LogP contribution in [0.3, 0.4) is 0 Å². The number of rotatable bonds is 9. The molecule has 1 atom stereocenters. The number of hydrogen-bond donors (Lipinski definition) is 0. The molecule has 1 aliphatic heterocycles. The molecule has 0 saturated carbocycles. The van der Waals surface area contributed by atoms with E-state index in [1.807, 2.05) is 6.92 Å². The summed E-state index contributed by atoms with van der Waals surface area (Å²) in [5, 5.41) is 0. The van der Waals surface area contributed by atoms with Crippen molar-refractivity contribution < 1.29 is 22.1 Å². The predicted molar refractivity (Wildman–Crippen MR) is 90.1 cm³/mol. The third kappa shape index (κ3) is 5.21. The SMILES string of the molecule is CCCCCCCN1CC(OS(=O)(=O)c2ccc(C)cc2)OC1=O. The summed E-state index contributed by atoms with van der Waals surface area (Å²) in [6, 6.07) is 6.35. The Balaban J connectivity index is 1.85. The van der Waals surface area contributed by atoms with E-state index in [9.17, 15) is 13.2 Å². The zero-order valence-corrected chi connectivity index (χ0v) is 15.0. The van der Waals surface area contributed by atoms with E-state index in [1.165, 1.54) is 29.9 Å². The third-order valence-electron chi connectivity index (χ3n) is 3.94. The van der Waals surface area contributed by atoms with Crippen LogP contribution in [0.25, 0.3) is 0 Å². The Kier molecular flexibility index (Phi) is 6.62. The minimum Gasteiger partial charge on any atom is -0.416 e. The Labute approximate surface area is 143 Å². The van der Waals surface area contributed by atoms with E-state index in [0.717, 1.165) is 24.8 Å². The van der Waals surface area contributed by atoms with Crippen molar-refractivity contribution in [1.29, 1.82) is 0 Å². The number of hydrogen-bond acceptors (Lipinski definition) is 5. The normalized spacial score (nSPS) is 18.0. The fourth-order valence-electron chi connectivity index (χ4n) is 2.52. The quantitative estimate of drug-likeness (QED) is 0.501. The van der Waals surface area contributed by atoms with E-state index in [4.69, 9.17) is 8.92 Å². The summed E-state index contributed by atoms with van der Waals surface area (Å²) in [6.07, 6.45) is 3.82. The summed E-state index contributed by atoms with van der Waals surface area (Å²) < 4.78 is 34.5. The van der Waals surface area contributed by atoms with Gasteiger partial charge in [0.15, 0.2) is 0 Å². The highest BCUT2D eigenvalue weighted by Gasteiger charge is 2.35. The molecule has 0 radical (unpaired) electrons. The first-order chi connectivity index (χ1) is 11.4. The Bertz CT molecular complexity index is 641. The number of amides is 1. The molecule has 134 valence electrons. The first-order valence-electron chi connectivity index (χ1n) is 8.38. The molecular weight excluding hydrogens is 330 g/mol. The average molecular weight is 355 g/mol. The van der Waals surface area contributed by atoms with Crippen LogP contribution in [0, 0.1) is 6.92 Å². The van der Waals surface area contributed by atoms with Crippen molar-refractivity contribution in [2.45, 2.75) is 57.1 Å². The van der Waals surface area contributed by atoms with Crippen molar-refractivity contribution in [3.63, 3.8) is 0 Å². The van der Waals surface area contributed by atoms with Gasteiger partial charge in [0.1, 0.15) is 0 Å². The van der Waals surface area contributed by atoms with E-state index in [2.05, 4.69) is 6.92 Å². The van der Waals surface area contributed by atoms with Crippen LogP contribution in [0.5, 0.6) is 0 Å². The third-order valence-corrected chi connectivity index (χ3v) is 5.25. The summed E-state index contributed by atoms with van der Waals surface area (Å²) in [6.45, 7) is 4.72. The minimum absolute atomic E-state index is 0.0576. The number of aryl methyl sites for hydroxylation is 1. The van der Waals surface area contributed by atoms with Crippen LogP contribution in [-0.2, 0) is 19.0 Å². The Hall–Kier alpha value is -1.60. The van der Waals surface area contributed by atoms with Crippen molar-refractivity contribution in [3.8, 4) is 0 Å². The summed E-state index contributed by atoms with van der Waals surface area (Å²) in [5.74, 6) is 0. The molecule has 0 spiro atoms. The van der Waals surface area contributed by atoms with Gasteiger partial charge in [0, 0.05) is 6.54 Å². The highest BCUT2D eigenvalue weighted by molar-refractivity contribution is 7.86. The van der Waals surface area contributed by atoms with Crippen LogP contribution in [0.2, 0.25) is 0 Å². The van der Waals surface area contributed by atoms with Crippen molar-refractivity contribution in [2.24, 2.45) is 0 Å². The number of unbranched alkanes of at least 4 members (excludes halogenated alkanes) is 4. The predicted octanol–water partition coefficient (Wildman–Crippen LogP) is 3.45. The van der Waals surface area contributed by atoms with Gasteiger partial charge >= 0.3 is 6.09 Å². The Morgan fingerprint density at radius 2 is 1.83 bits per heavy atom. The van der Waals surface area contributed by atoms with Crippen molar-refractivity contribution in [2.75, 3.05) is 13.1 Å². The molecule has 0 N–H and O–H groups in total. The van der Waals surface area contributed by atoms with Crippen LogP contribution < -0.4 is 0 Å². The molecule has 1 aromatic rings. The van der Waals surface area contributed by atoms with Gasteiger partial charge in [-0.3, -0.25) is 0 Å². The fraction of sp³-hybridized carbons (Fsp3) is 0.588. The fourth-order valence-corrected chi connectivity index (χ4v) is 3.48. The van der Waals surface area contributed by atoms with Gasteiger partial charge < -0.3 is 9.64 Å². The van der Waals surface area contributed by atoms with E-state index in [1.54, 1.807) is 12.1 Å². The lowest BCUT2D eigenvalue weighted by atomic mass is 10.1. The summed E-state index contributed by atoms with van der Waals surface area (Å²) in [5.41, 5.74) is 0.954. The second kappa shape index (κ2) is 8.48. The molecule has 1 aromatic carbocycles. The molecule has 0 bridgehead atoms. The summed E-state index contributed by atoms with van der Waals surface area (Å²) in [7, 11) is -3.94. The van der Waals surface area contributed by atoms with Gasteiger partial charge in [0.05, 0.1) is 11.4 Å². The van der Waals surface area contributed by atoms with Gasteiger partial charge in [0.25, 0.3) is 10.1 Å². The van der Waals surface area contributed by atoms with Gasteiger partial charge in [-0.25, -0.2) is 8.98 Å². The summed E-state index contributed by atoms with van der Waals surface area (Å²) in [4.78, 5) is 13.4. The number of benzene rings is 1. The van der Waals surface area contributed by atoms with Crippen LogP contribution in [-0.4, -0.2) is 38.8 Å². The number of carbonyl (C=O) groups is 1. The molecule has 1 amide bonds. The standard InChI is InChI=1S/C17H25NO5S/c1-3-4-5-6-7-12-18-13-16(22-17(18)19)23-24(20,21)15-10-8-14(2)9-11-15/h8-11,16H,3-7,12-13H2,1-2H3. The lowest BCUT2D eigenvalue weighted by Crippen LogP contribution is -2.27. The largest absolute Gasteiger partial charge is 0.416 e. The topological polar surface area (TPSA) is 72.9 Å². The van der Waals surface area contributed by atoms with E-state index in [0.29, 0.717) is 6.54 Å². The van der Waals surface area contributed by atoms with Gasteiger partial charge in [-0.15, -0.1) is 0 Å². The lowest BCUT2D eigenvalue weighted by molar-refractivity contribution is 0.0105. The van der Waals surface area contributed by atoms with E-state index >= 15 is 0 Å². The van der Waals surface area contributed by atoms with E-state index < -0.39 is 22.5 Å². The zero-order valence-electron chi connectivity index (χ0n) is 14.2. The maximum Gasteiger partial charge on any atom is 0.412 e. The number of carbonyl (C=O) groups excluding carboxylic acids is 1. The lowest BCUT2D eigenvalue weighted by Gasteiger charge is -2.12. The van der Waals surface area contributed by atoms with Crippen LogP contribution in [0.4, 0.5) is 4.79 Å². The molecule has 1 heterocycles. The molecule has 1 unspecified atom stereocenters. The highest BCUT2D eigenvalue weighted by atomic mass is 32.2. The zero-order chi connectivity index (χ0) is 17.6. The monoisotopic (exact) mass is 355 g/mol. The van der Waals surface area contributed by atoms with Gasteiger partial charge in [-0.1, -0.05) is 50.3 Å². The Morgan fingerprint density at radius 3 is 2.50 bits per heavy atom. The molecule has 1 aliphatic rings. The van der Waals surface area contributed by atoms with Crippen LogP contribution in [0.15, 0.2) is 29.2 Å². The molecule has 1 fully saturated rings. The molecule has 1 saturated heterocycles. The smallest absolute Gasteiger partial charge is 0.412 e. The maximum absolute atomic E-state index is 12.2. The van der Waals surface area contributed by atoms with Gasteiger partial charge in [-0.05, 0) is 25.5 Å². The Morgan fingerprint density at radius 1 is 1.17 bits per heavy atom. The van der Waals surface area contributed by atoms with Crippen molar-refractivity contribution in [3.05, 3.63) is 29.8 Å².